The molecule has 2 aromatic rings. The molecule has 4 nitrogen and oxygen atoms in total. The molecule has 0 aliphatic carbocycles. The summed E-state index contributed by atoms with van der Waals surface area (Å²) in [4.78, 5) is 14.5. The van der Waals surface area contributed by atoms with Gasteiger partial charge in [0.25, 0.3) is 5.91 Å². The molecule has 0 spiro atoms. The van der Waals surface area contributed by atoms with E-state index in [4.69, 9.17) is 33.0 Å². The molecule has 0 N–H and O–H groups in total. The minimum absolute atomic E-state index is 0.122. The smallest absolute Gasteiger partial charge is 0.266 e. The Kier molecular flexibility index (Phi) is 5.40. The van der Waals surface area contributed by atoms with E-state index in [1.54, 1.807) is 19.3 Å². The first-order chi connectivity index (χ1) is 11.6. The summed E-state index contributed by atoms with van der Waals surface area (Å²) in [5.74, 6) is 1.17. The SMILES string of the molecule is COCCN1C(=O)C(=Cc2ccc(-c3cccc(Cl)c3)o2)SC1=S. The Morgan fingerprint density at radius 2 is 2.21 bits per heavy atom. The van der Waals surface area contributed by atoms with Gasteiger partial charge in [0.1, 0.15) is 15.8 Å². The zero-order valence-electron chi connectivity index (χ0n) is 12.8. The monoisotopic (exact) mass is 379 g/mol. The van der Waals surface area contributed by atoms with Crippen molar-refractivity contribution in [3.63, 3.8) is 0 Å². The molecule has 1 fully saturated rings. The number of nitrogens with zero attached hydrogens (tertiary/aromatic N) is 1. The predicted octanol–water partition coefficient (Wildman–Crippen LogP) is 4.45. The number of methoxy groups -OCH3 is 1. The Hall–Kier alpha value is -1.60. The highest BCUT2D eigenvalue weighted by Gasteiger charge is 2.31. The zero-order chi connectivity index (χ0) is 17.1. The van der Waals surface area contributed by atoms with Gasteiger partial charge in [0.05, 0.1) is 18.1 Å². The van der Waals surface area contributed by atoms with Gasteiger partial charge in [-0.25, -0.2) is 0 Å². The van der Waals surface area contributed by atoms with Crippen molar-refractivity contribution in [1.82, 2.24) is 4.90 Å². The summed E-state index contributed by atoms with van der Waals surface area (Å²) < 4.78 is 11.3. The number of halogens is 1. The van der Waals surface area contributed by atoms with Crippen LogP contribution in [-0.4, -0.2) is 35.4 Å². The highest BCUT2D eigenvalue weighted by atomic mass is 35.5. The summed E-state index contributed by atoms with van der Waals surface area (Å²) in [7, 11) is 1.59. The number of carbonyl (C=O) groups is 1. The van der Waals surface area contributed by atoms with Crippen molar-refractivity contribution < 1.29 is 13.9 Å². The van der Waals surface area contributed by atoms with Crippen molar-refractivity contribution in [2.24, 2.45) is 0 Å². The van der Waals surface area contributed by atoms with Gasteiger partial charge in [-0.15, -0.1) is 0 Å². The summed E-state index contributed by atoms with van der Waals surface area (Å²) in [5, 5.41) is 0.643. The van der Waals surface area contributed by atoms with E-state index in [0.717, 1.165) is 5.56 Å². The summed E-state index contributed by atoms with van der Waals surface area (Å²) in [6.07, 6.45) is 1.71. The first-order valence-corrected chi connectivity index (χ1v) is 8.79. The van der Waals surface area contributed by atoms with E-state index in [-0.39, 0.29) is 5.91 Å². The summed E-state index contributed by atoms with van der Waals surface area (Å²) in [6, 6.07) is 11.1. The molecule has 7 heteroatoms. The lowest BCUT2D eigenvalue weighted by Crippen LogP contribution is -2.31. The Bertz CT molecular complexity index is 816. The maximum atomic E-state index is 12.4. The standard InChI is InChI=1S/C17H14ClNO3S2/c1-21-8-7-19-16(20)15(24-17(19)23)10-13-5-6-14(22-13)11-3-2-4-12(18)9-11/h2-6,9-10H,7-8H2,1H3. The van der Waals surface area contributed by atoms with Gasteiger partial charge in [-0.05, 0) is 24.3 Å². The fourth-order valence-electron chi connectivity index (χ4n) is 2.23. The van der Waals surface area contributed by atoms with Crippen molar-refractivity contribution in [3.8, 4) is 11.3 Å². The van der Waals surface area contributed by atoms with Crippen LogP contribution in [0.4, 0.5) is 0 Å². The molecule has 0 unspecified atom stereocenters. The number of thioether (sulfide) groups is 1. The largest absolute Gasteiger partial charge is 0.457 e. The molecule has 1 aliphatic rings. The first-order valence-electron chi connectivity index (χ1n) is 7.18. The van der Waals surface area contributed by atoms with Crippen molar-refractivity contribution in [2.75, 3.05) is 20.3 Å². The fraction of sp³-hybridized carbons (Fsp3) is 0.176. The molecule has 1 saturated heterocycles. The van der Waals surface area contributed by atoms with Crippen LogP contribution in [0.3, 0.4) is 0 Å². The molecule has 1 amide bonds. The maximum Gasteiger partial charge on any atom is 0.266 e. The van der Waals surface area contributed by atoms with Crippen LogP contribution in [-0.2, 0) is 9.53 Å². The molecule has 0 bridgehead atoms. The van der Waals surface area contributed by atoms with Crippen LogP contribution >= 0.6 is 35.6 Å². The Balaban J connectivity index is 1.80. The van der Waals surface area contributed by atoms with Crippen LogP contribution < -0.4 is 0 Å². The Labute approximate surface area is 154 Å². The number of amides is 1. The van der Waals surface area contributed by atoms with Crippen molar-refractivity contribution in [3.05, 3.63) is 52.1 Å². The lowest BCUT2D eigenvalue weighted by Gasteiger charge is -2.12. The van der Waals surface area contributed by atoms with Crippen LogP contribution in [0.5, 0.6) is 0 Å². The van der Waals surface area contributed by atoms with Crippen LogP contribution in [0.2, 0.25) is 5.02 Å². The number of furan rings is 1. The molecule has 0 atom stereocenters. The second-order valence-corrected chi connectivity index (χ2v) is 7.15. The second-order valence-electron chi connectivity index (χ2n) is 5.04. The number of carbonyl (C=O) groups excluding carboxylic acids is 1. The van der Waals surface area contributed by atoms with Crippen LogP contribution in [0.1, 0.15) is 5.76 Å². The van der Waals surface area contributed by atoms with Crippen molar-refractivity contribution >= 4 is 51.9 Å². The third kappa shape index (κ3) is 3.72. The number of hydrogen-bond acceptors (Lipinski definition) is 5. The number of ether oxygens (including phenoxy) is 1. The molecule has 1 aliphatic heterocycles. The summed E-state index contributed by atoms with van der Waals surface area (Å²) in [6.45, 7) is 0.893. The molecule has 1 aromatic carbocycles. The third-order valence-corrected chi connectivity index (χ3v) is 5.01. The first kappa shape index (κ1) is 17.2. The number of thiocarbonyl (C=S) groups is 1. The van der Waals surface area contributed by atoms with Gasteiger partial charge in [-0.2, -0.15) is 0 Å². The van der Waals surface area contributed by atoms with Crippen LogP contribution in [0.15, 0.2) is 45.7 Å². The molecular weight excluding hydrogens is 366 g/mol. The third-order valence-electron chi connectivity index (χ3n) is 3.40. The van der Waals surface area contributed by atoms with E-state index in [1.165, 1.54) is 16.7 Å². The summed E-state index contributed by atoms with van der Waals surface area (Å²) in [5.41, 5.74) is 0.884. The van der Waals surface area contributed by atoms with E-state index in [0.29, 0.717) is 38.9 Å². The molecule has 0 saturated carbocycles. The highest BCUT2D eigenvalue weighted by Crippen LogP contribution is 2.33. The molecule has 24 heavy (non-hydrogen) atoms. The molecular formula is C17H14ClNO3S2. The normalized spacial score (nSPS) is 16.4. The Morgan fingerprint density at radius 3 is 2.96 bits per heavy atom. The topological polar surface area (TPSA) is 42.7 Å². The summed E-state index contributed by atoms with van der Waals surface area (Å²) >= 11 is 12.5. The number of hydrogen-bond donors (Lipinski definition) is 0. The lowest BCUT2D eigenvalue weighted by atomic mass is 10.2. The predicted molar refractivity (Wildman–Crippen MR) is 101 cm³/mol. The molecule has 0 radical (unpaired) electrons. The van der Waals surface area contributed by atoms with Crippen molar-refractivity contribution in [2.45, 2.75) is 0 Å². The van der Waals surface area contributed by atoms with Crippen molar-refractivity contribution in [1.29, 1.82) is 0 Å². The molecule has 3 rings (SSSR count). The Morgan fingerprint density at radius 1 is 1.38 bits per heavy atom. The number of benzene rings is 1. The van der Waals surface area contributed by atoms with Gasteiger partial charge < -0.3 is 9.15 Å². The highest BCUT2D eigenvalue weighted by molar-refractivity contribution is 8.26. The molecule has 124 valence electrons. The maximum absolute atomic E-state index is 12.4. The van der Waals surface area contributed by atoms with E-state index in [1.807, 2.05) is 30.3 Å². The average Bonchev–Trinajstić information content (AvgIpc) is 3.12. The van der Waals surface area contributed by atoms with E-state index in [2.05, 4.69) is 0 Å². The lowest BCUT2D eigenvalue weighted by molar-refractivity contribution is -0.122. The van der Waals surface area contributed by atoms with E-state index < -0.39 is 0 Å². The quantitative estimate of drug-likeness (QED) is 0.567. The zero-order valence-corrected chi connectivity index (χ0v) is 15.2. The average molecular weight is 380 g/mol. The van der Waals surface area contributed by atoms with Gasteiger partial charge in [0.2, 0.25) is 0 Å². The van der Waals surface area contributed by atoms with Gasteiger partial charge in [-0.3, -0.25) is 9.69 Å². The van der Waals surface area contributed by atoms with Gasteiger partial charge in [0, 0.05) is 23.8 Å². The minimum atomic E-state index is -0.122. The minimum Gasteiger partial charge on any atom is -0.457 e. The number of rotatable bonds is 5. The molecule has 1 aromatic heterocycles. The van der Waals surface area contributed by atoms with Gasteiger partial charge in [0.15, 0.2) is 0 Å². The van der Waals surface area contributed by atoms with Gasteiger partial charge in [-0.1, -0.05) is 47.7 Å². The van der Waals surface area contributed by atoms with E-state index >= 15 is 0 Å². The molecule has 2 heterocycles. The second kappa shape index (κ2) is 7.53. The fourth-order valence-corrected chi connectivity index (χ4v) is 3.71. The van der Waals surface area contributed by atoms with Crippen LogP contribution in [0.25, 0.3) is 17.4 Å². The van der Waals surface area contributed by atoms with E-state index in [9.17, 15) is 4.79 Å². The van der Waals surface area contributed by atoms with Gasteiger partial charge >= 0.3 is 0 Å². The van der Waals surface area contributed by atoms with Crippen LogP contribution in [0, 0.1) is 0 Å².